The molecule has 0 N–H and O–H groups in total. The standard InChI is InChI=1S/C18H16FN3O/c19-15-4-7-18-17(12-15)21(10-11-23-18)13-14-2-5-16(6-3-14)22-9-1-8-20-22/h1-9,12H,10-11,13H2. The second-order valence-electron chi connectivity index (χ2n) is 5.50. The van der Waals surface area contributed by atoms with E-state index in [0.717, 1.165) is 35.8 Å². The Morgan fingerprint density at radius 3 is 2.78 bits per heavy atom. The van der Waals surface area contributed by atoms with E-state index in [-0.39, 0.29) is 5.82 Å². The van der Waals surface area contributed by atoms with Gasteiger partial charge in [0.25, 0.3) is 0 Å². The summed E-state index contributed by atoms with van der Waals surface area (Å²) in [6.07, 6.45) is 3.67. The van der Waals surface area contributed by atoms with Crippen LogP contribution in [0.4, 0.5) is 10.1 Å². The zero-order chi connectivity index (χ0) is 15.6. The quantitative estimate of drug-likeness (QED) is 0.743. The lowest BCUT2D eigenvalue weighted by atomic mass is 10.1. The van der Waals surface area contributed by atoms with Crippen molar-refractivity contribution in [3.63, 3.8) is 0 Å². The van der Waals surface area contributed by atoms with Gasteiger partial charge in [-0.25, -0.2) is 9.07 Å². The largest absolute Gasteiger partial charge is 0.490 e. The van der Waals surface area contributed by atoms with Crippen molar-refractivity contribution >= 4 is 5.69 Å². The Labute approximate surface area is 133 Å². The first-order chi connectivity index (χ1) is 11.3. The molecule has 2 aromatic carbocycles. The molecule has 0 unspecified atom stereocenters. The van der Waals surface area contributed by atoms with E-state index in [1.807, 2.05) is 29.1 Å². The zero-order valence-electron chi connectivity index (χ0n) is 12.5. The third-order valence-corrected chi connectivity index (χ3v) is 3.96. The van der Waals surface area contributed by atoms with Gasteiger partial charge < -0.3 is 9.64 Å². The van der Waals surface area contributed by atoms with E-state index in [4.69, 9.17) is 4.74 Å². The van der Waals surface area contributed by atoms with Gasteiger partial charge in [0.15, 0.2) is 0 Å². The maximum absolute atomic E-state index is 13.5. The molecule has 0 amide bonds. The highest BCUT2D eigenvalue weighted by molar-refractivity contribution is 5.60. The van der Waals surface area contributed by atoms with Crippen LogP contribution < -0.4 is 9.64 Å². The number of fused-ring (bicyclic) bond motifs is 1. The van der Waals surface area contributed by atoms with E-state index in [2.05, 4.69) is 22.1 Å². The van der Waals surface area contributed by atoms with Gasteiger partial charge in [-0.15, -0.1) is 0 Å². The Balaban J connectivity index is 1.56. The molecule has 1 aromatic heterocycles. The number of rotatable bonds is 3. The molecule has 4 rings (SSSR count). The molecule has 0 bridgehead atoms. The van der Waals surface area contributed by atoms with Crippen LogP contribution in [-0.2, 0) is 6.54 Å². The molecule has 116 valence electrons. The van der Waals surface area contributed by atoms with E-state index >= 15 is 0 Å². The molecule has 3 aromatic rings. The molecule has 0 radical (unpaired) electrons. The summed E-state index contributed by atoms with van der Waals surface area (Å²) < 4.78 is 20.9. The van der Waals surface area contributed by atoms with Crippen LogP contribution in [0.25, 0.3) is 5.69 Å². The van der Waals surface area contributed by atoms with Crippen molar-refractivity contribution in [2.75, 3.05) is 18.1 Å². The predicted molar refractivity (Wildman–Crippen MR) is 86.5 cm³/mol. The smallest absolute Gasteiger partial charge is 0.142 e. The molecule has 0 fully saturated rings. The first-order valence-electron chi connectivity index (χ1n) is 7.56. The highest BCUT2D eigenvalue weighted by Crippen LogP contribution is 2.33. The molecule has 4 nitrogen and oxygen atoms in total. The van der Waals surface area contributed by atoms with Gasteiger partial charge in [-0.1, -0.05) is 12.1 Å². The molecular weight excluding hydrogens is 293 g/mol. The summed E-state index contributed by atoms with van der Waals surface area (Å²) in [5.41, 5.74) is 3.00. The van der Waals surface area contributed by atoms with Crippen LogP contribution in [0.5, 0.6) is 5.75 Å². The number of halogens is 1. The first-order valence-corrected chi connectivity index (χ1v) is 7.56. The van der Waals surface area contributed by atoms with Crippen molar-refractivity contribution in [1.29, 1.82) is 0 Å². The van der Waals surface area contributed by atoms with Gasteiger partial charge in [0.1, 0.15) is 18.2 Å². The van der Waals surface area contributed by atoms with Crippen molar-refractivity contribution in [3.8, 4) is 11.4 Å². The monoisotopic (exact) mass is 309 g/mol. The summed E-state index contributed by atoms with van der Waals surface area (Å²) >= 11 is 0. The van der Waals surface area contributed by atoms with E-state index < -0.39 is 0 Å². The Bertz CT molecular complexity index is 800. The summed E-state index contributed by atoms with van der Waals surface area (Å²) in [4.78, 5) is 2.14. The topological polar surface area (TPSA) is 30.3 Å². The van der Waals surface area contributed by atoms with Crippen molar-refractivity contribution in [1.82, 2.24) is 9.78 Å². The number of hydrogen-bond acceptors (Lipinski definition) is 3. The first kappa shape index (κ1) is 13.8. The van der Waals surface area contributed by atoms with E-state index in [0.29, 0.717) is 6.61 Å². The summed E-state index contributed by atoms with van der Waals surface area (Å²) in [7, 11) is 0. The minimum atomic E-state index is -0.242. The highest BCUT2D eigenvalue weighted by Gasteiger charge is 2.18. The molecule has 2 heterocycles. The van der Waals surface area contributed by atoms with Gasteiger partial charge in [-0.2, -0.15) is 5.10 Å². The van der Waals surface area contributed by atoms with Gasteiger partial charge in [-0.05, 0) is 35.9 Å². The molecule has 0 spiro atoms. The number of anilines is 1. The Kier molecular flexibility index (Phi) is 3.46. The fraction of sp³-hybridized carbons (Fsp3) is 0.167. The van der Waals surface area contributed by atoms with Gasteiger partial charge in [-0.3, -0.25) is 0 Å². The minimum absolute atomic E-state index is 0.242. The van der Waals surface area contributed by atoms with Crippen LogP contribution in [0.2, 0.25) is 0 Å². The number of benzene rings is 2. The number of aromatic nitrogens is 2. The average Bonchev–Trinajstić information content (AvgIpc) is 3.11. The third kappa shape index (κ3) is 2.77. The third-order valence-electron chi connectivity index (χ3n) is 3.96. The fourth-order valence-electron chi connectivity index (χ4n) is 2.81. The normalized spacial score (nSPS) is 13.5. The Hall–Kier alpha value is -2.82. The van der Waals surface area contributed by atoms with Crippen molar-refractivity contribution in [3.05, 3.63) is 72.3 Å². The summed E-state index contributed by atoms with van der Waals surface area (Å²) in [6, 6.07) is 14.8. The molecule has 0 atom stereocenters. The van der Waals surface area contributed by atoms with E-state index in [9.17, 15) is 4.39 Å². The molecule has 0 aliphatic carbocycles. The maximum atomic E-state index is 13.5. The van der Waals surface area contributed by atoms with Crippen LogP contribution in [0.15, 0.2) is 60.9 Å². The second kappa shape index (κ2) is 5.76. The van der Waals surface area contributed by atoms with Gasteiger partial charge >= 0.3 is 0 Å². The Morgan fingerprint density at radius 2 is 2.00 bits per heavy atom. The summed E-state index contributed by atoms with van der Waals surface area (Å²) in [6.45, 7) is 2.08. The molecule has 23 heavy (non-hydrogen) atoms. The van der Waals surface area contributed by atoms with Crippen LogP contribution in [-0.4, -0.2) is 22.9 Å². The van der Waals surface area contributed by atoms with E-state index in [1.165, 1.54) is 12.1 Å². The van der Waals surface area contributed by atoms with E-state index in [1.54, 1.807) is 12.3 Å². The van der Waals surface area contributed by atoms with Crippen LogP contribution in [0, 0.1) is 5.82 Å². The van der Waals surface area contributed by atoms with Crippen LogP contribution in [0.1, 0.15) is 5.56 Å². The van der Waals surface area contributed by atoms with Crippen molar-refractivity contribution in [2.24, 2.45) is 0 Å². The molecule has 1 aliphatic heterocycles. The highest BCUT2D eigenvalue weighted by atomic mass is 19.1. The summed E-state index contributed by atoms with van der Waals surface area (Å²) in [5, 5.41) is 4.22. The number of nitrogens with zero attached hydrogens (tertiary/aromatic N) is 3. The minimum Gasteiger partial charge on any atom is -0.490 e. The lowest BCUT2D eigenvalue weighted by Crippen LogP contribution is -2.32. The van der Waals surface area contributed by atoms with Crippen molar-refractivity contribution in [2.45, 2.75) is 6.54 Å². The molecular formula is C18H16FN3O. The molecule has 0 saturated heterocycles. The number of ether oxygens (including phenoxy) is 1. The second-order valence-corrected chi connectivity index (χ2v) is 5.50. The Morgan fingerprint density at radius 1 is 1.13 bits per heavy atom. The van der Waals surface area contributed by atoms with Gasteiger partial charge in [0, 0.05) is 25.0 Å². The predicted octanol–water partition coefficient (Wildman–Crippen LogP) is 3.41. The lowest BCUT2D eigenvalue weighted by Gasteiger charge is -2.31. The fourth-order valence-corrected chi connectivity index (χ4v) is 2.81. The summed E-state index contributed by atoms with van der Waals surface area (Å²) in [5.74, 6) is 0.499. The molecule has 1 aliphatic rings. The average molecular weight is 309 g/mol. The van der Waals surface area contributed by atoms with Crippen molar-refractivity contribution < 1.29 is 9.13 Å². The number of hydrogen-bond donors (Lipinski definition) is 0. The van der Waals surface area contributed by atoms with Gasteiger partial charge in [0.05, 0.1) is 17.9 Å². The molecule has 0 saturated carbocycles. The maximum Gasteiger partial charge on any atom is 0.142 e. The lowest BCUT2D eigenvalue weighted by molar-refractivity contribution is 0.306. The van der Waals surface area contributed by atoms with Crippen LogP contribution in [0.3, 0.4) is 0 Å². The molecule has 5 heteroatoms. The SMILES string of the molecule is Fc1ccc2c(c1)N(Cc1ccc(-n3cccn3)cc1)CCO2. The van der Waals surface area contributed by atoms with Gasteiger partial charge in [0.2, 0.25) is 0 Å². The van der Waals surface area contributed by atoms with Crippen LogP contribution >= 0.6 is 0 Å². The zero-order valence-corrected chi connectivity index (χ0v) is 12.5.